The van der Waals surface area contributed by atoms with E-state index in [9.17, 15) is 5.11 Å². The number of hydrogen-bond donors (Lipinski definition) is 3. The number of aliphatic hydroxyl groups is 2. The third-order valence-electron chi connectivity index (χ3n) is 2.44. The Morgan fingerprint density at radius 3 is 2.76 bits per heavy atom. The average Bonchev–Trinajstić information content (AvgIpc) is 2.31. The Balaban J connectivity index is 2.63. The van der Waals surface area contributed by atoms with Crippen LogP contribution in [0, 0.1) is 0 Å². The Bertz CT molecular complexity index is 369. The van der Waals surface area contributed by atoms with Gasteiger partial charge >= 0.3 is 0 Å². The van der Waals surface area contributed by atoms with Crippen LogP contribution in [-0.4, -0.2) is 36.1 Å². The molecule has 1 atom stereocenters. The molecule has 3 N–H and O–H groups in total. The van der Waals surface area contributed by atoms with Crippen molar-refractivity contribution in [3.05, 3.63) is 28.8 Å². The molecule has 0 bridgehead atoms. The standard InChI is InChI=1S/C12H18ClNO3/c1-12(16,8-15)7-14-6-9-10(13)4-3-5-11(9)17-2/h3-5,14-16H,6-8H2,1-2H3. The van der Waals surface area contributed by atoms with Crippen LogP contribution in [0.15, 0.2) is 18.2 Å². The second kappa shape index (κ2) is 6.21. The lowest BCUT2D eigenvalue weighted by atomic mass is 10.1. The third kappa shape index (κ3) is 4.16. The molecule has 0 fully saturated rings. The average molecular weight is 260 g/mol. The lowest BCUT2D eigenvalue weighted by molar-refractivity contribution is 0.00251. The fourth-order valence-corrected chi connectivity index (χ4v) is 1.65. The number of aliphatic hydroxyl groups excluding tert-OH is 1. The molecule has 0 saturated carbocycles. The highest BCUT2D eigenvalue weighted by Crippen LogP contribution is 2.25. The fourth-order valence-electron chi connectivity index (χ4n) is 1.41. The van der Waals surface area contributed by atoms with Crippen LogP contribution >= 0.6 is 11.6 Å². The third-order valence-corrected chi connectivity index (χ3v) is 2.80. The van der Waals surface area contributed by atoms with Gasteiger partial charge in [0.05, 0.1) is 19.3 Å². The molecule has 1 unspecified atom stereocenters. The lowest BCUT2D eigenvalue weighted by Crippen LogP contribution is -2.40. The van der Waals surface area contributed by atoms with E-state index < -0.39 is 5.60 Å². The van der Waals surface area contributed by atoms with Gasteiger partial charge in [0.15, 0.2) is 0 Å². The van der Waals surface area contributed by atoms with Gasteiger partial charge in [-0.05, 0) is 19.1 Å². The normalized spacial score (nSPS) is 14.4. The molecule has 5 heteroatoms. The summed E-state index contributed by atoms with van der Waals surface area (Å²) in [7, 11) is 1.58. The minimum absolute atomic E-state index is 0.276. The highest BCUT2D eigenvalue weighted by molar-refractivity contribution is 6.31. The number of methoxy groups -OCH3 is 1. The maximum absolute atomic E-state index is 9.62. The smallest absolute Gasteiger partial charge is 0.124 e. The first kappa shape index (κ1) is 14.3. The zero-order valence-corrected chi connectivity index (χ0v) is 10.8. The van der Waals surface area contributed by atoms with Gasteiger partial charge in [0.1, 0.15) is 5.75 Å². The predicted octanol–water partition coefficient (Wildman–Crippen LogP) is 1.18. The van der Waals surface area contributed by atoms with E-state index >= 15 is 0 Å². The molecule has 0 aliphatic carbocycles. The summed E-state index contributed by atoms with van der Waals surface area (Å²) in [4.78, 5) is 0. The molecular formula is C12H18ClNO3. The van der Waals surface area contributed by atoms with Gasteiger partial charge in [-0.15, -0.1) is 0 Å². The molecule has 0 heterocycles. The summed E-state index contributed by atoms with van der Waals surface area (Å²) in [5, 5.41) is 22.2. The molecule has 96 valence electrons. The molecule has 0 aliphatic rings. The molecule has 0 saturated heterocycles. The predicted molar refractivity (Wildman–Crippen MR) is 67.4 cm³/mol. The second-order valence-electron chi connectivity index (χ2n) is 4.18. The molecule has 0 aromatic heterocycles. The highest BCUT2D eigenvalue weighted by atomic mass is 35.5. The van der Waals surface area contributed by atoms with Crippen LogP contribution in [0.3, 0.4) is 0 Å². The van der Waals surface area contributed by atoms with Crippen molar-refractivity contribution in [3.63, 3.8) is 0 Å². The molecular weight excluding hydrogens is 242 g/mol. The molecule has 0 aliphatic heterocycles. The van der Waals surface area contributed by atoms with E-state index in [1.165, 1.54) is 0 Å². The van der Waals surface area contributed by atoms with E-state index in [4.69, 9.17) is 21.4 Å². The molecule has 1 aromatic rings. The van der Waals surface area contributed by atoms with Crippen LogP contribution in [0.25, 0.3) is 0 Å². The van der Waals surface area contributed by atoms with Crippen molar-refractivity contribution in [2.45, 2.75) is 19.1 Å². The minimum Gasteiger partial charge on any atom is -0.496 e. The lowest BCUT2D eigenvalue weighted by Gasteiger charge is -2.21. The largest absolute Gasteiger partial charge is 0.496 e. The Morgan fingerprint density at radius 1 is 1.47 bits per heavy atom. The fraction of sp³-hybridized carbons (Fsp3) is 0.500. The first-order valence-electron chi connectivity index (χ1n) is 5.35. The number of rotatable bonds is 6. The summed E-state index contributed by atoms with van der Waals surface area (Å²) in [6.45, 7) is 2.01. The summed E-state index contributed by atoms with van der Waals surface area (Å²) in [6.07, 6.45) is 0. The van der Waals surface area contributed by atoms with E-state index in [0.29, 0.717) is 17.3 Å². The van der Waals surface area contributed by atoms with Crippen LogP contribution in [0.5, 0.6) is 5.75 Å². The SMILES string of the molecule is COc1cccc(Cl)c1CNCC(C)(O)CO. The van der Waals surface area contributed by atoms with Crippen molar-refractivity contribution in [2.75, 3.05) is 20.3 Å². The van der Waals surface area contributed by atoms with Gasteiger partial charge in [-0.2, -0.15) is 0 Å². The first-order chi connectivity index (χ1) is 8.00. The Labute approximate surface area is 106 Å². The molecule has 1 aromatic carbocycles. The maximum atomic E-state index is 9.62. The van der Waals surface area contributed by atoms with Gasteiger partial charge in [0.2, 0.25) is 0 Å². The number of halogens is 1. The van der Waals surface area contributed by atoms with Gasteiger partial charge in [-0.3, -0.25) is 0 Å². The van der Waals surface area contributed by atoms with Crippen LogP contribution in [-0.2, 0) is 6.54 Å². The van der Waals surface area contributed by atoms with Gasteiger partial charge in [-0.25, -0.2) is 0 Å². The molecule has 0 spiro atoms. The first-order valence-corrected chi connectivity index (χ1v) is 5.73. The molecule has 1 rings (SSSR count). The monoisotopic (exact) mass is 259 g/mol. The maximum Gasteiger partial charge on any atom is 0.124 e. The summed E-state index contributed by atoms with van der Waals surface area (Å²) in [5.74, 6) is 0.702. The summed E-state index contributed by atoms with van der Waals surface area (Å²) in [5.41, 5.74) is -0.292. The Hall–Kier alpha value is -0.810. The minimum atomic E-state index is -1.13. The van der Waals surface area contributed by atoms with Crippen LogP contribution in [0.4, 0.5) is 0 Å². The van der Waals surface area contributed by atoms with Crippen LogP contribution < -0.4 is 10.1 Å². The highest BCUT2D eigenvalue weighted by Gasteiger charge is 2.18. The van der Waals surface area contributed by atoms with Crippen molar-refractivity contribution < 1.29 is 14.9 Å². The number of benzene rings is 1. The van der Waals surface area contributed by atoms with Gasteiger partial charge in [0, 0.05) is 23.7 Å². The van der Waals surface area contributed by atoms with E-state index in [1.807, 2.05) is 12.1 Å². The van der Waals surface area contributed by atoms with E-state index in [0.717, 1.165) is 5.56 Å². The quantitative estimate of drug-likeness (QED) is 0.718. The van der Waals surface area contributed by atoms with Gasteiger partial charge in [0.25, 0.3) is 0 Å². The molecule has 4 nitrogen and oxygen atoms in total. The van der Waals surface area contributed by atoms with Crippen molar-refractivity contribution in [1.82, 2.24) is 5.32 Å². The second-order valence-corrected chi connectivity index (χ2v) is 4.59. The number of ether oxygens (including phenoxy) is 1. The van der Waals surface area contributed by atoms with Crippen molar-refractivity contribution in [3.8, 4) is 5.75 Å². The Kier molecular flexibility index (Phi) is 5.21. The summed E-state index contributed by atoms with van der Waals surface area (Å²) in [6, 6.07) is 5.42. The van der Waals surface area contributed by atoms with E-state index in [-0.39, 0.29) is 13.2 Å². The zero-order valence-electron chi connectivity index (χ0n) is 10.0. The van der Waals surface area contributed by atoms with Crippen molar-refractivity contribution in [2.24, 2.45) is 0 Å². The van der Waals surface area contributed by atoms with Crippen LogP contribution in [0.1, 0.15) is 12.5 Å². The van der Waals surface area contributed by atoms with E-state index in [1.54, 1.807) is 20.1 Å². The van der Waals surface area contributed by atoms with Crippen molar-refractivity contribution in [1.29, 1.82) is 0 Å². The molecule has 0 radical (unpaired) electrons. The van der Waals surface area contributed by atoms with Crippen LogP contribution in [0.2, 0.25) is 5.02 Å². The number of nitrogens with one attached hydrogen (secondary N) is 1. The topological polar surface area (TPSA) is 61.7 Å². The number of hydrogen-bond acceptors (Lipinski definition) is 4. The van der Waals surface area contributed by atoms with Crippen molar-refractivity contribution >= 4 is 11.6 Å². The summed E-state index contributed by atoms with van der Waals surface area (Å²) >= 11 is 6.06. The molecule has 0 amide bonds. The van der Waals surface area contributed by atoms with Gasteiger partial charge < -0.3 is 20.3 Å². The summed E-state index contributed by atoms with van der Waals surface area (Å²) < 4.78 is 5.20. The van der Waals surface area contributed by atoms with Gasteiger partial charge in [-0.1, -0.05) is 17.7 Å². The Morgan fingerprint density at radius 2 is 2.18 bits per heavy atom. The van der Waals surface area contributed by atoms with E-state index in [2.05, 4.69) is 5.32 Å². The molecule has 17 heavy (non-hydrogen) atoms. The zero-order chi connectivity index (χ0) is 12.9.